The molecule has 0 atom stereocenters. The number of nitrogens with one attached hydrogen (secondary N) is 1. The molecule has 0 aliphatic heterocycles. The zero-order valence-electron chi connectivity index (χ0n) is 7.64. The van der Waals surface area contributed by atoms with Gasteiger partial charge in [-0.15, -0.1) is 0 Å². The molecule has 1 nitrogen and oxygen atoms in total. The van der Waals surface area contributed by atoms with Gasteiger partial charge in [-0.3, -0.25) is 0 Å². The monoisotopic (exact) mass is 153 g/mol. The maximum Gasteiger partial charge on any atom is 0.0260 e. The quantitative estimate of drug-likeness (QED) is 0.654. The van der Waals surface area contributed by atoms with Crippen LogP contribution >= 0.6 is 0 Å². The van der Waals surface area contributed by atoms with Crippen LogP contribution in [0.25, 0.3) is 0 Å². The highest BCUT2D eigenvalue weighted by molar-refractivity contribution is 4.89. The van der Waals surface area contributed by atoms with Crippen LogP contribution < -0.4 is 5.32 Å². The van der Waals surface area contributed by atoms with Crippen molar-refractivity contribution >= 4 is 0 Å². The summed E-state index contributed by atoms with van der Waals surface area (Å²) in [5.41, 5.74) is 0. The third-order valence-electron chi connectivity index (χ3n) is 2.50. The second kappa shape index (κ2) is 4.42. The number of hydrogen-bond acceptors (Lipinski definition) is 1. The van der Waals surface area contributed by atoms with Gasteiger partial charge in [0.05, 0.1) is 0 Å². The van der Waals surface area contributed by atoms with E-state index in [1.807, 2.05) is 0 Å². The van der Waals surface area contributed by atoms with Crippen LogP contribution in [0.15, 0.2) is 12.3 Å². The Morgan fingerprint density at radius 3 is 2.64 bits per heavy atom. The molecule has 0 aromatic carbocycles. The van der Waals surface area contributed by atoms with Crippen LogP contribution in [0.4, 0.5) is 0 Å². The van der Waals surface area contributed by atoms with Crippen molar-refractivity contribution in [2.45, 2.75) is 45.6 Å². The smallest absolute Gasteiger partial charge is 0.0260 e. The normalized spacial score (nSPS) is 30.4. The third kappa shape index (κ3) is 2.57. The van der Waals surface area contributed by atoms with E-state index in [-0.39, 0.29) is 0 Å². The molecule has 1 aliphatic carbocycles. The van der Waals surface area contributed by atoms with Crippen molar-refractivity contribution in [3.63, 3.8) is 0 Å². The molecule has 1 fully saturated rings. The topological polar surface area (TPSA) is 12.0 Å². The third-order valence-corrected chi connectivity index (χ3v) is 2.50. The Labute approximate surface area is 69.9 Å². The summed E-state index contributed by atoms with van der Waals surface area (Å²) in [6, 6.07) is 0.780. The zero-order chi connectivity index (χ0) is 8.10. The fourth-order valence-electron chi connectivity index (χ4n) is 1.53. The van der Waals surface area contributed by atoms with Crippen LogP contribution in [0, 0.1) is 5.92 Å². The minimum absolute atomic E-state index is 0.780. The predicted octanol–water partition coefficient (Wildman–Crippen LogP) is 2.69. The Hall–Kier alpha value is -0.460. The van der Waals surface area contributed by atoms with Gasteiger partial charge in [-0.1, -0.05) is 26.3 Å². The first kappa shape index (κ1) is 8.63. The molecule has 0 bridgehead atoms. The molecule has 0 amide bonds. The summed E-state index contributed by atoms with van der Waals surface area (Å²) < 4.78 is 0. The van der Waals surface area contributed by atoms with Gasteiger partial charge in [-0.2, -0.15) is 0 Å². The summed E-state index contributed by atoms with van der Waals surface area (Å²) in [4.78, 5) is 0. The molecule has 0 saturated heterocycles. The van der Waals surface area contributed by atoms with Crippen LogP contribution in [-0.4, -0.2) is 6.04 Å². The first-order chi connectivity index (χ1) is 5.36. The average Bonchev–Trinajstić information content (AvgIpc) is 1.94. The highest BCUT2D eigenvalue weighted by atomic mass is 14.9. The molecule has 11 heavy (non-hydrogen) atoms. The molecule has 0 aromatic rings. The van der Waals surface area contributed by atoms with E-state index in [1.54, 1.807) is 0 Å². The molecular weight excluding hydrogens is 134 g/mol. The van der Waals surface area contributed by atoms with Gasteiger partial charge in [-0.05, 0) is 31.4 Å². The molecule has 0 unspecified atom stereocenters. The van der Waals surface area contributed by atoms with Gasteiger partial charge >= 0.3 is 0 Å². The van der Waals surface area contributed by atoms with E-state index in [2.05, 4.69) is 31.4 Å². The second-order valence-corrected chi connectivity index (χ2v) is 3.42. The number of hydrogen-bond donors (Lipinski definition) is 1. The lowest BCUT2D eigenvalue weighted by Gasteiger charge is -2.34. The molecular formula is C10H19N. The van der Waals surface area contributed by atoms with Crippen molar-refractivity contribution in [3.05, 3.63) is 12.3 Å². The largest absolute Gasteiger partial charge is 0.388 e. The number of rotatable bonds is 4. The van der Waals surface area contributed by atoms with Gasteiger partial charge in [0.1, 0.15) is 0 Å². The van der Waals surface area contributed by atoms with E-state index in [0.29, 0.717) is 0 Å². The van der Waals surface area contributed by atoms with Gasteiger partial charge in [0.25, 0.3) is 0 Å². The summed E-state index contributed by atoms with van der Waals surface area (Å²) in [5, 5.41) is 3.40. The Kier molecular flexibility index (Phi) is 3.47. The van der Waals surface area contributed by atoms with E-state index in [1.165, 1.54) is 19.3 Å². The lowest BCUT2D eigenvalue weighted by molar-refractivity contribution is 0.233. The Balaban J connectivity index is 2.00. The van der Waals surface area contributed by atoms with Crippen molar-refractivity contribution in [3.8, 4) is 0 Å². The maximum atomic E-state index is 3.40. The predicted molar refractivity (Wildman–Crippen MR) is 49.4 cm³/mol. The maximum absolute atomic E-state index is 3.40. The van der Waals surface area contributed by atoms with Gasteiger partial charge in [0.2, 0.25) is 0 Å². The molecule has 1 rings (SSSR count). The molecule has 1 N–H and O–H groups in total. The average molecular weight is 153 g/mol. The lowest BCUT2D eigenvalue weighted by atomic mass is 9.79. The van der Waals surface area contributed by atoms with Crippen molar-refractivity contribution < 1.29 is 0 Å². The highest BCUT2D eigenvalue weighted by Crippen LogP contribution is 2.29. The van der Waals surface area contributed by atoms with E-state index < -0.39 is 0 Å². The van der Waals surface area contributed by atoms with Crippen molar-refractivity contribution in [2.75, 3.05) is 0 Å². The van der Waals surface area contributed by atoms with Gasteiger partial charge in [-0.25, -0.2) is 0 Å². The summed E-state index contributed by atoms with van der Waals surface area (Å²) in [7, 11) is 0. The van der Waals surface area contributed by atoms with Crippen LogP contribution in [0.2, 0.25) is 0 Å². The van der Waals surface area contributed by atoms with Gasteiger partial charge < -0.3 is 5.32 Å². The first-order valence-corrected chi connectivity index (χ1v) is 4.77. The molecule has 0 aromatic heterocycles. The van der Waals surface area contributed by atoms with E-state index in [4.69, 9.17) is 0 Å². The van der Waals surface area contributed by atoms with Gasteiger partial charge in [0.15, 0.2) is 0 Å². The summed E-state index contributed by atoms with van der Waals surface area (Å²) in [6.45, 7) is 4.44. The van der Waals surface area contributed by atoms with Crippen LogP contribution in [0.1, 0.15) is 39.5 Å². The minimum Gasteiger partial charge on any atom is -0.388 e. The molecule has 1 heteroatoms. The SMILES string of the molecule is CC/C=C\NC1CC(CC)C1. The Bertz CT molecular complexity index is 123. The van der Waals surface area contributed by atoms with Crippen molar-refractivity contribution in [1.29, 1.82) is 0 Å². The molecule has 0 spiro atoms. The van der Waals surface area contributed by atoms with Gasteiger partial charge in [0, 0.05) is 6.04 Å². The van der Waals surface area contributed by atoms with Crippen molar-refractivity contribution in [2.24, 2.45) is 5.92 Å². The standard InChI is InChI=1S/C10H19N/c1-3-5-6-11-10-7-9(4-2)8-10/h5-6,9-11H,3-4,7-8H2,1-2H3/b6-5-. The van der Waals surface area contributed by atoms with E-state index in [9.17, 15) is 0 Å². The summed E-state index contributed by atoms with van der Waals surface area (Å²) >= 11 is 0. The summed E-state index contributed by atoms with van der Waals surface area (Å²) in [6.07, 6.45) is 9.54. The lowest BCUT2D eigenvalue weighted by Crippen LogP contribution is -2.38. The molecule has 1 aliphatic rings. The molecule has 1 saturated carbocycles. The highest BCUT2D eigenvalue weighted by Gasteiger charge is 2.25. The Morgan fingerprint density at radius 1 is 1.36 bits per heavy atom. The zero-order valence-corrected chi connectivity index (χ0v) is 7.64. The van der Waals surface area contributed by atoms with Crippen LogP contribution in [0.3, 0.4) is 0 Å². The molecule has 64 valence electrons. The fraction of sp³-hybridized carbons (Fsp3) is 0.800. The second-order valence-electron chi connectivity index (χ2n) is 3.42. The van der Waals surface area contributed by atoms with Crippen molar-refractivity contribution in [1.82, 2.24) is 5.32 Å². The van der Waals surface area contributed by atoms with Crippen LogP contribution in [0.5, 0.6) is 0 Å². The first-order valence-electron chi connectivity index (χ1n) is 4.77. The Morgan fingerprint density at radius 2 is 2.09 bits per heavy atom. The fourth-order valence-corrected chi connectivity index (χ4v) is 1.53. The minimum atomic E-state index is 0.780. The molecule has 0 heterocycles. The summed E-state index contributed by atoms with van der Waals surface area (Å²) in [5.74, 6) is 1.00. The van der Waals surface area contributed by atoms with Crippen LogP contribution in [-0.2, 0) is 0 Å². The number of allylic oxidation sites excluding steroid dienone is 1. The van der Waals surface area contributed by atoms with E-state index >= 15 is 0 Å². The molecule has 0 radical (unpaired) electrons. The van der Waals surface area contributed by atoms with E-state index in [0.717, 1.165) is 18.4 Å².